The van der Waals surface area contributed by atoms with Gasteiger partial charge in [-0.2, -0.15) is 0 Å². The quantitative estimate of drug-likeness (QED) is 0.459. The summed E-state index contributed by atoms with van der Waals surface area (Å²) in [5.74, 6) is 1.74. The van der Waals surface area contributed by atoms with Gasteiger partial charge in [-0.3, -0.25) is 0 Å². The summed E-state index contributed by atoms with van der Waals surface area (Å²) in [6, 6.07) is 0. The Bertz CT molecular complexity index is 197. The van der Waals surface area contributed by atoms with Gasteiger partial charge in [0.1, 0.15) is 0 Å². The normalized spacial score (nSPS) is 41.4. The van der Waals surface area contributed by atoms with Crippen molar-refractivity contribution in [3.8, 4) is 0 Å². The van der Waals surface area contributed by atoms with Crippen molar-refractivity contribution < 1.29 is 0 Å². The molecule has 0 N–H and O–H groups in total. The highest BCUT2D eigenvalue weighted by Gasteiger charge is 2.19. The van der Waals surface area contributed by atoms with E-state index in [9.17, 15) is 0 Å². The smallest absolute Gasteiger partial charge is 0.0146 e. The Hall–Kier alpha value is 0.700. The summed E-state index contributed by atoms with van der Waals surface area (Å²) >= 11 is 7.44. The summed E-state index contributed by atoms with van der Waals surface area (Å²) < 4.78 is 0. The van der Waals surface area contributed by atoms with Crippen LogP contribution in [-0.2, 0) is 0 Å². The molecule has 0 aliphatic heterocycles. The molecule has 0 spiro atoms. The van der Waals surface area contributed by atoms with Crippen molar-refractivity contribution in [1.82, 2.24) is 0 Å². The predicted molar refractivity (Wildman–Crippen MR) is 78.5 cm³/mol. The minimum atomic E-state index is 0.793. The fourth-order valence-corrected chi connectivity index (χ4v) is 3.91. The minimum absolute atomic E-state index is 0.793. The topological polar surface area (TPSA) is 0 Å². The molecule has 2 heteroatoms. The average Bonchev–Trinajstić information content (AvgIpc) is 2.30. The number of alkyl halides is 2. The number of hydrogen-bond acceptors (Lipinski definition) is 0. The van der Waals surface area contributed by atoms with E-state index in [0.717, 1.165) is 21.5 Å². The van der Waals surface area contributed by atoms with Gasteiger partial charge in [0.05, 0.1) is 0 Å². The number of hydrogen-bond donors (Lipinski definition) is 0. The van der Waals surface area contributed by atoms with E-state index in [1.165, 1.54) is 51.4 Å². The van der Waals surface area contributed by atoms with E-state index in [1.54, 1.807) is 0 Å². The molecule has 2 saturated carbocycles. The molecular formula is C14H22Br2. The second kappa shape index (κ2) is 6.58. The molecule has 2 rings (SSSR count). The van der Waals surface area contributed by atoms with Crippen LogP contribution in [0.3, 0.4) is 0 Å². The number of rotatable bonds is 2. The number of allylic oxidation sites excluding steroid dienone is 2. The third kappa shape index (κ3) is 4.18. The fraction of sp³-hybridized carbons (Fsp3) is 0.857. The average molecular weight is 350 g/mol. The van der Waals surface area contributed by atoms with Gasteiger partial charge in [0.2, 0.25) is 0 Å². The summed E-state index contributed by atoms with van der Waals surface area (Å²) in [4.78, 5) is 1.59. The standard InChI is InChI=1S/C14H22Br2/c15-13-7-3-11(4-8-13)1-2-12-5-9-14(16)10-6-12/h1-2,11-14H,3-10H2/b2-1+. The second-order valence-electron chi connectivity index (χ2n) is 5.41. The lowest BCUT2D eigenvalue weighted by Gasteiger charge is -2.25. The van der Waals surface area contributed by atoms with Crippen LogP contribution in [0.15, 0.2) is 12.2 Å². The molecule has 0 aromatic heterocycles. The molecule has 92 valence electrons. The molecular weight excluding hydrogens is 328 g/mol. The van der Waals surface area contributed by atoms with Crippen LogP contribution in [0, 0.1) is 11.8 Å². The molecule has 0 heterocycles. The largest absolute Gasteiger partial charge is 0.0891 e. The maximum Gasteiger partial charge on any atom is 0.0146 e. The van der Waals surface area contributed by atoms with Crippen LogP contribution in [0.25, 0.3) is 0 Å². The molecule has 0 unspecified atom stereocenters. The van der Waals surface area contributed by atoms with Gasteiger partial charge in [-0.25, -0.2) is 0 Å². The van der Waals surface area contributed by atoms with E-state index in [4.69, 9.17) is 0 Å². The first kappa shape index (κ1) is 13.1. The van der Waals surface area contributed by atoms with Crippen molar-refractivity contribution in [3.63, 3.8) is 0 Å². The zero-order valence-electron chi connectivity index (χ0n) is 9.88. The van der Waals surface area contributed by atoms with Gasteiger partial charge in [-0.1, -0.05) is 44.0 Å². The highest BCUT2D eigenvalue weighted by Crippen LogP contribution is 2.32. The lowest BCUT2D eigenvalue weighted by Crippen LogP contribution is -2.14. The van der Waals surface area contributed by atoms with Crippen LogP contribution in [-0.4, -0.2) is 9.65 Å². The molecule has 0 aromatic carbocycles. The van der Waals surface area contributed by atoms with Crippen LogP contribution >= 0.6 is 31.9 Å². The zero-order chi connectivity index (χ0) is 11.4. The van der Waals surface area contributed by atoms with E-state index in [-0.39, 0.29) is 0 Å². The molecule has 0 amide bonds. The predicted octanol–water partition coefficient (Wildman–Crippen LogP) is 5.45. The number of halogens is 2. The molecule has 2 fully saturated rings. The van der Waals surface area contributed by atoms with Gasteiger partial charge in [-0.15, -0.1) is 0 Å². The monoisotopic (exact) mass is 348 g/mol. The molecule has 0 aromatic rings. The molecule has 2 aliphatic carbocycles. The van der Waals surface area contributed by atoms with Crippen molar-refractivity contribution in [2.24, 2.45) is 11.8 Å². The van der Waals surface area contributed by atoms with Gasteiger partial charge in [0.25, 0.3) is 0 Å². The van der Waals surface area contributed by atoms with Crippen LogP contribution in [0.4, 0.5) is 0 Å². The Balaban J connectivity index is 1.72. The van der Waals surface area contributed by atoms with Crippen LogP contribution in [0.5, 0.6) is 0 Å². The minimum Gasteiger partial charge on any atom is -0.0891 e. The maximum atomic E-state index is 3.72. The second-order valence-corrected chi connectivity index (χ2v) is 8.00. The lowest BCUT2D eigenvalue weighted by atomic mass is 9.85. The SMILES string of the molecule is BrC1CCC(/C=C/C2CCC(Br)CC2)CC1. The van der Waals surface area contributed by atoms with E-state index in [2.05, 4.69) is 44.0 Å². The summed E-state index contributed by atoms with van der Waals surface area (Å²) in [6.07, 6.45) is 16.1. The van der Waals surface area contributed by atoms with Crippen molar-refractivity contribution >= 4 is 31.9 Å². The van der Waals surface area contributed by atoms with Crippen molar-refractivity contribution in [2.75, 3.05) is 0 Å². The van der Waals surface area contributed by atoms with Gasteiger partial charge in [0, 0.05) is 9.65 Å². The molecule has 16 heavy (non-hydrogen) atoms. The Morgan fingerprint density at radius 1 is 0.562 bits per heavy atom. The van der Waals surface area contributed by atoms with Gasteiger partial charge in [-0.05, 0) is 63.2 Å². The summed E-state index contributed by atoms with van der Waals surface area (Å²) in [5, 5.41) is 0. The first-order chi connectivity index (χ1) is 7.74. The Morgan fingerprint density at radius 2 is 0.875 bits per heavy atom. The van der Waals surface area contributed by atoms with Crippen molar-refractivity contribution in [2.45, 2.75) is 61.0 Å². The summed E-state index contributed by atoms with van der Waals surface area (Å²) in [6.45, 7) is 0. The first-order valence-corrected chi connectivity index (χ1v) is 8.53. The molecule has 0 bridgehead atoms. The van der Waals surface area contributed by atoms with Crippen LogP contribution < -0.4 is 0 Å². The Labute approximate surface area is 117 Å². The Morgan fingerprint density at radius 3 is 1.19 bits per heavy atom. The molecule has 0 atom stereocenters. The highest BCUT2D eigenvalue weighted by atomic mass is 79.9. The van der Waals surface area contributed by atoms with E-state index in [1.807, 2.05) is 0 Å². The van der Waals surface area contributed by atoms with Gasteiger partial charge >= 0.3 is 0 Å². The summed E-state index contributed by atoms with van der Waals surface area (Å²) in [5.41, 5.74) is 0. The van der Waals surface area contributed by atoms with Crippen LogP contribution in [0.1, 0.15) is 51.4 Å². The summed E-state index contributed by atoms with van der Waals surface area (Å²) in [7, 11) is 0. The van der Waals surface area contributed by atoms with E-state index in [0.29, 0.717) is 0 Å². The van der Waals surface area contributed by atoms with E-state index >= 15 is 0 Å². The maximum absolute atomic E-state index is 3.72. The van der Waals surface area contributed by atoms with Crippen molar-refractivity contribution in [3.05, 3.63) is 12.2 Å². The first-order valence-electron chi connectivity index (χ1n) is 6.70. The highest BCUT2D eigenvalue weighted by molar-refractivity contribution is 9.09. The zero-order valence-corrected chi connectivity index (χ0v) is 13.0. The molecule has 0 radical (unpaired) electrons. The van der Waals surface area contributed by atoms with E-state index < -0.39 is 0 Å². The fourth-order valence-electron chi connectivity index (χ4n) is 2.86. The molecule has 2 aliphatic rings. The lowest BCUT2D eigenvalue weighted by molar-refractivity contribution is 0.412. The van der Waals surface area contributed by atoms with Crippen LogP contribution in [0.2, 0.25) is 0 Å². The van der Waals surface area contributed by atoms with Gasteiger partial charge < -0.3 is 0 Å². The van der Waals surface area contributed by atoms with Crippen molar-refractivity contribution in [1.29, 1.82) is 0 Å². The Kier molecular flexibility index (Phi) is 5.41. The third-order valence-corrected chi connectivity index (χ3v) is 5.89. The molecule has 0 nitrogen and oxygen atoms in total. The third-order valence-electron chi connectivity index (χ3n) is 4.06. The molecule has 0 saturated heterocycles. The van der Waals surface area contributed by atoms with Gasteiger partial charge in [0.15, 0.2) is 0 Å².